The summed E-state index contributed by atoms with van der Waals surface area (Å²) in [6.07, 6.45) is 26.6. The Labute approximate surface area is 154 Å². The summed E-state index contributed by atoms with van der Waals surface area (Å²) in [4.78, 5) is 0. The molecule has 0 aromatic carbocycles. The van der Waals surface area contributed by atoms with Crippen molar-refractivity contribution in [3.05, 3.63) is 0 Å². The van der Waals surface area contributed by atoms with Gasteiger partial charge >= 0.3 is 0 Å². The molecule has 1 N–H and O–H groups in total. The predicted molar refractivity (Wildman–Crippen MR) is 110 cm³/mol. The van der Waals surface area contributed by atoms with Crippen LogP contribution in [0.4, 0.5) is 0 Å². The highest BCUT2D eigenvalue weighted by Gasteiger charge is 2.00. The second-order valence-electron chi connectivity index (χ2n) is 8.06. The summed E-state index contributed by atoms with van der Waals surface area (Å²) < 4.78 is 0. The molecule has 0 aliphatic heterocycles. The van der Waals surface area contributed by atoms with Crippen molar-refractivity contribution in [3.63, 3.8) is 0 Å². The van der Waals surface area contributed by atoms with E-state index >= 15 is 0 Å². The summed E-state index contributed by atoms with van der Waals surface area (Å²) in [5, 5.41) is 8.72. The Balaban J connectivity index is 3.00. The number of aliphatic hydroxyl groups is 1. The summed E-state index contributed by atoms with van der Waals surface area (Å²) in [6.45, 7) is 5.09. The van der Waals surface area contributed by atoms with Crippen molar-refractivity contribution in [1.82, 2.24) is 0 Å². The first-order valence-electron chi connectivity index (χ1n) is 11.4. The van der Waals surface area contributed by atoms with Crippen LogP contribution >= 0.6 is 0 Å². The molecule has 0 saturated heterocycles. The SMILES string of the molecule is CCCC(C)CCCCCCCCCCCCCCCCCCO. The number of aliphatic hydroxyl groups excluding tert-OH is 1. The average molecular weight is 341 g/mol. The lowest BCUT2D eigenvalue weighted by molar-refractivity contribution is 0.282. The Kier molecular flexibility index (Phi) is 21.0. The number of hydrogen-bond acceptors (Lipinski definition) is 1. The van der Waals surface area contributed by atoms with Crippen molar-refractivity contribution >= 4 is 0 Å². The molecule has 0 rings (SSSR count). The van der Waals surface area contributed by atoms with E-state index < -0.39 is 0 Å². The molecular weight excluding hydrogens is 292 g/mol. The molecule has 24 heavy (non-hydrogen) atoms. The number of unbranched alkanes of at least 4 members (excludes halogenated alkanes) is 15. The Bertz CT molecular complexity index is 214. The van der Waals surface area contributed by atoms with Crippen LogP contribution in [0.2, 0.25) is 0 Å². The van der Waals surface area contributed by atoms with Gasteiger partial charge in [-0.2, -0.15) is 0 Å². The lowest BCUT2D eigenvalue weighted by atomic mass is 9.98. The van der Waals surface area contributed by atoms with Crippen LogP contribution in [-0.2, 0) is 0 Å². The average Bonchev–Trinajstić information content (AvgIpc) is 2.58. The number of rotatable bonds is 20. The van der Waals surface area contributed by atoms with Gasteiger partial charge < -0.3 is 5.11 Å². The molecule has 0 saturated carbocycles. The fourth-order valence-corrected chi connectivity index (χ4v) is 3.72. The van der Waals surface area contributed by atoms with Crippen molar-refractivity contribution in [1.29, 1.82) is 0 Å². The topological polar surface area (TPSA) is 20.2 Å². The third-order valence-corrected chi connectivity index (χ3v) is 5.39. The highest BCUT2D eigenvalue weighted by Crippen LogP contribution is 2.17. The van der Waals surface area contributed by atoms with Gasteiger partial charge in [-0.05, 0) is 12.3 Å². The molecule has 0 heterocycles. The van der Waals surface area contributed by atoms with E-state index in [1.807, 2.05) is 0 Å². The standard InChI is InChI=1S/C23H48O/c1-3-20-23(2)21-18-16-14-12-10-8-6-4-5-7-9-11-13-15-17-19-22-24/h23-24H,3-22H2,1-2H3. The minimum Gasteiger partial charge on any atom is -0.396 e. The molecule has 0 aromatic heterocycles. The van der Waals surface area contributed by atoms with Crippen molar-refractivity contribution in [2.75, 3.05) is 6.61 Å². The Morgan fingerprint density at radius 3 is 1.17 bits per heavy atom. The molecular formula is C23H48O. The maximum absolute atomic E-state index is 8.72. The molecule has 0 aromatic rings. The molecule has 0 spiro atoms. The van der Waals surface area contributed by atoms with E-state index in [1.165, 1.54) is 116 Å². The first kappa shape index (κ1) is 24.0. The fraction of sp³-hybridized carbons (Fsp3) is 1.00. The van der Waals surface area contributed by atoms with Crippen molar-refractivity contribution < 1.29 is 5.11 Å². The Morgan fingerprint density at radius 2 is 0.833 bits per heavy atom. The van der Waals surface area contributed by atoms with Crippen LogP contribution in [0.5, 0.6) is 0 Å². The number of hydrogen-bond donors (Lipinski definition) is 1. The molecule has 0 bridgehead atoms. The quantitative estimate of drug-likeness (QED) is 0.222. The first-order valence-corrected chi connectivity index (χ1v) is 11.4. The lowest BCUT2D eigenvalue weighted by Crippen LogP contribution is -1.93. The molecule has 146 valence electrons. The smallest absolute Gasteiger partial charge is 0.0431 e. The van der Waals surface area contributed by atoms with Crippen LogP contribution in [0.1, 0.15) is 136 Å². The molecule has 0 aliphatic rings. The summed E-state index contributed by atoms with van der Waals surface area (Å²) in [5.74, 6) is 0.954. The highest BCUT2D eigenvalue weighted by molar-refractivity contribution is 4.54. The summed E-state index contributed by atoms with van der Waals surface area (Å²) in [5.41, 5.74) is 0. The van der Waals surface area contributed by atoms with Gasteiger partial charge in [0.2, 0.25) is 0 Å². The van der Waals surface area contributed by atoms with E-state index in [0.717, 1.165) is 12.3 Å². The monoisotopic (exact) mass is 340 g/mol. The molecule has 1 atom stereocenters. The van der Waals surface area contributed by atoms with Gasteiger partial charge in [0.1, 0.15) is 0 Å². The molecule has 0 amide bonds. The van der Waals surface area contributed by atoms with Gasteiger partial charge in [0.15, 0.2) is 0 Å². The zero-order chi connectivity index (χ0) is 17.7. The summed E-state index contributed by atoms with van der Waals surface area (Å²) in [6, 6.07) is 0. The molecule has 0 aliphatic carbocycles. The van der Waals surface area contributed by atoms with Crippen LogP contribution in [0.25, 0.3) is 0 Å². The van der Waals surface area contributed by atoms with Gasteiger partial charge in [0.25, 0.3) is 0 Å². The molecule has 0 fully saturated rings. The fourth-order valence-electron chi connectivity index (χ4n) is 3.72. The highest BCUT2D eigenvalue weighted by atomic mass is 16.2. The predicted octanol–water partition coefficient (Wildman–Crippen LogP) is 8.05. The maximum Gasteiger partial charge on any atom is 0.0431 e. The van der Waals surface area contributed by atoms with Crippen LogP contribution in [0.3, 0.4) is 0 Å². The van der Waals surface area contributed by atoms with Crippen LogP contribution in [0, 0.1) is 5.92 Å². The third-order valence-electron chi connectivity index (χ3n) is 5.39. The minimum absolute atomic E-state index is 0.373. The largest absolute Gasteiger partial charge is 0.396 e. The lowest BCUT2D eigenvalue weighted by Gasteiger charge is -2.09. The van der Waals surface area contributed by atoms with Crippen molar-refractivity contribution in [2.24, 2.45) is 5.92 Å². The van der Waals surface area contributed by atoms with E-state index in [4.69, 9.17) is 5.11 Å². The molecule has 1 nitrogen and oxygen atoms in total. The molecule has 1 unspecified atom stereocenters. The normalized spacial score (nSPS) is 12.6. The van der Waals surface area contributed by atoms with Gasteiger partial charge in [-0.25, -0.2) is 0 Å². The van der Waals surface area contributed by atoms with E-state index in [2.05, 4.69) is 13.8 Å². The van der Waals surface area contributed by atoms with E-state index in [0.29, 0.717) is 6.61 Å². The first-order chi connectivity index (χ1) is 11.8. The molecule has 0 radical (unpaired) electrons. The Hall–Kier alpha value is -0.0400. The second kappa shape index (κ2) is 21.0. The van der Waals surface area contributed by atoms with Gasteiger partial charge in [-0.3, -0.25) is 0 Å². The van der Waals surface area contributed by atoms with Crippen LogP contribution in [-0.4, -0.2) is 11.7 Å². The van der Waals surface area contributed by atoms with Gasteiger partial charge in [0.05, 0.1) is 0 Å². The zero-order valence-corrected chi connectivity index (χ0v) is 17.2. The van der Waals surface area contributed by atoms with Crippen molar-refractivity contribution in [3.8, 4) is 0 Å². The third kappa shape index (κ3) is 20.0. The maximum atomic E-state index is 8.72. The van der Waals surface area contributed by atoms with E-state index in [1.54, 1.807) is 0 Å². The Morgan fingerprint density at radius 1 is 0.500 bits per heavy atom. The van der Waals surface area contributed by atoms with E-state index in [-0.39, 0.29) is 0 Å². The summed E-state index contributed by atoms with van der Waals surface area (Å²) in [7, 11) is 0. The molecule has 1 heteroatoms. The van der Waals surface area contributed by atoms with E-state index in [9.17, 15) is 0 Å². The second-order valence-corrected chi connectivity index (χ2v) is 8.06. The van der Waals surface area contributed by atoms with Crippen molar-refractivity contribution in [2.45, 2.75) is 136 Å². The van der Waals surface area contributed by atoms with Gasteiger partial charge in [-0.15, -0.1) is 0 Å². The van der Waals surface area contributed by atoms with Gasteiger partial charge in [0, 0.05) is 6.61 Å². The minimum atomic E-state index is 0.373. The van der Waals surface area contributed by atoms with Crippen LogP contribution in [0.15, 0.2) is 0 Å². The zero-order valence-electron chi connectivity index (χ0n) is 17.2. The summed E-state index contributed by atoms with van der Waals surface area (Å²) >= 11 is 0. The van der Waals surface area contributed by atoms with Crippen LogP contribution < -0.4 is 0 Å². The van der Waals surface area contributed by atoms with Gasteiger partial charge in [-0.1, -0.05) is 129 Å².